The molecular formula is C14H17NO3. The maximum Gasteiger partial charge on any atom is 0.341 e. The number of fused-ring (bicyclic) bond motifs is 1. The van der Waals surface area contributed by atoms with Gasteiger partial charge in [0.05, 0.1) is 11.3 Å². The number of carbonyl (C=O) groups excluding carboxylic acids is 2. The zero-order valence-corrected chi connectivity index (χ0v) is 10.8. The molecule has 0 aliphatic carbocycles. The number of anilines is 1. The molecule has 4 nitrogen and oxygen atoms in total. The summed E-state index contributed by atoms with van der Waals surface area (Å²) in [6, 6.07) is 5.31. The molecule has 1 aromatic rings. The van der Waals surface area contributed by atoms with Crippen molar-refractivity contribution in [3.8, 4) is 0 Å². The number of aryl methyl sites for hydroxylation is 1. The van der Waals surface area contributed by atoms with Gasteiger partial charge in [0.25, 0.3) is 5.91 Å². The zero-order valence-electron chi connectivity index (χ0n) is 10.8. The molecule has 2 rings (SSSR count). The third kappa shape index (κ3) is 2.37. The topological polar surface area (TPSA) is 55.4 Å². The van der Waals surface area contributed by atoms with E-state index in [9.17, 15) is 9.59 Å². The first-order valence-corrected chi connectivity index (χ1v) is 6.10. The lowest BCUT2D eigenvalue weighted by molar-refractivity contribution is -0.125. The van der Waals surface area contributed by atoms with Crippen molar-refractivity contribution in [2.24, 2.45) is 5.92 Å². The molecule has 0 radical (unpaired) electrons. The Morgan fingerprint density at radius 1 is 1.33 bits per heavy atom. The highest BCUT2D eigenvalue weighted by atomic mass is 16.5. The number of benzene rings is 1. The summed E-state index contributed by atoms with van der Waals surface area (Å²) >= 11 is 0. The van der Waals surface area contributed by atoms with E-state index < -0.39 is 12.1 Å². The molecule has 0 fully saturated rings. The van der Waals surface area contributed by atoms with Crippen LogP contribution in [0.5, 0.6) is 0 Å². The van der Waals surface area contributed by atoms with Crippen LogP contribution in [0, 0.1) is 12.8 Å². The molecule has 0 bridgehead atoms. The number of hydrogen-bond acceptors (Lipinski definition) is 3. The summed E-state index contributed by atoms with van der Waals surface area (Å²) in [5.41, 5.74) is 1.86. The first-order valence-electron chi connectivity index (χ1n) is 6.10. The van der Waals surface area contributed by atoms with E-state index in [1.165, 1.54) is 0 Å². The fourth-order valence-electron chi connectivity index (χ4n) is 2.04. The SMILES string of the molecule is Cc1cccc2c1NC(=O)[C@@H](CC(C)C)OC2=O. The minimum atomic E-state index is -0.704. The summed E-state index contributed by atoms with van der Waals surface area (Å²) in [5, 5.41) is 2.79. The average molecular weight is 247 g/mol. The van der Waals surface area contributed by atoms with Gasteiger partial charge in [0, 0.05) is 0 Å². The van der Waals surface area contributed by atoms with Crippen molar-refractivity contribution in [2.45, 2.75) is 33.3 Å². The van der Waals surface area contributed by atoms with Crippen molar-refractivity contribution in [1.29, 1.82) is 0 Å². The monoisotopic (exact) mass is 247 g/mol. The molecule has 0 unspecified atom stereocenters. The number of esters is 1. The molecule has 0 spiro atoms. The van der Waals surface area contributed by atoms with Crippen molar-refractivity contribution < 1.29 is 14.3 Å². The highest BCUT2D eigenvalue weighted by Gasteiger charge is 2.30. The van der Waals surface area contributed by atoms with E-state index in [0.717, 1.165) is 5.56 Å². The first-order chi connectivity index (χ1) is 8.49. The zero-order chi connectivity index (χ0) is 13.3. The second-order valence-corrected chi connectivity index (χ2v) is 5.01. The van der Waals surface area contributed by atoms with Crippen LogP contribution in [0.4, 0.5) is 5.69 Å². The van der Waals surface area contributed by atoms with Crippen LogP contribution >= 0.6 is 0 Å². The van der Waals surface area contributed by atoms with Gasteiger partial charge in [-0.15, -0.1) is 0 Å². The van der Waals surface area contributed by atoms with Gasteiger partial charge in [0.15, 0.2) is 6.10 Å². The molecule has 0 saturated heterocycles. The first kappa shape index (κ1) is 12.6. The number of carbonyl (C=O) groups is 2. The van der Waals surface area contributed by atoms with E-state index in [2.05, 4.69) is 5.32 Å². The number of cyclic esters (lactones) is 1. The number of rotatable bonds is 2. The van der Waals surface area contributed by atoms with Gasteiger partial charge in [-0.05, 0) is 30.9 Å². The van der Waals surface area contributed by atoms with Crippen LogP contribution in [0.1, 0.15) is 36.2 Å². The van der Waals surface area contributed by atoms with E-state index in [4.69, 9.17) is 4.74 Å². The van der Waals surface area contributed by atoms with Crippen LogP contribution in [-0.4, -0.2) is 18.0 Å². The Bertz CT molecular complexity index is 494. The van der Waals surface area contributed by atoms with Crippen molar-refractivity contribution in [2.75, 3.05) is 5.32 Å². The number of para-hydroxylation sites is 1. The lowest BCUT2D eigenvalue weighted by Gasteiger charge is -2.15. The fraction of sp³-hybridized carbons (Fsp3) is 0.429. The lowest BCUT2D eigenvalue weighted by atomic mass is 10.1. The Morgan fingerprint density at radius 2 is 2.06 bits per heavy atom. The van der Waals surface area contributed by atoms with Crippen molar-refractivity contribution >= 4 is 17.6 Å². The summed E-state index contributed by atoms with van der Waals surface area (Å²) < 4.78 is 5.26. The predicted molar refractivity (Wildman–Crippen MR) is 68.5 cm³/mol. The van der Waals surface area contributed by atoms with Crippen LogP contribution in [-0.2, 0) is 9.53 Å². The van der Waals surface area contributed by atoms with Crippen LogP contribution in [0.2, 0.25) is 0 Å². The second-order valence-electron chi connectivity index (χ2n) is 5.01. The fourth-order valence-corrected chi connectivity index (χ4v) is 2.04. The minimum Gasteiger partial charge on any atom is -0.449 e. The molecule has 18 heavy (non-hydrogen) atoms. The normalized spacial score (nSPS) is 19.0. The van der Waals surface area contributed by atoms with Gasteiger partial charge < -0.3 is 10.1 Å². The molecule has 96 valence electrons. The summed E-state index contributed by atoms with van der Waals surface area (Å²) in [5.74, 6) is -0.390. The molecule has 1 amide bonds. The van der Waals surface area contributed by atoms with Crippen LogP contribution in [0.25, 0.3) is 0 Å². The smallest absolute Gasteiger partial charge is 0.341 e. The minimum absolute atomic E-state index is 0.245. The molecule has 1 heterocycles. The molecule has 4 heteroatoms. The number of nitrogens with one attached hydrogen (secondary N) is 1. The highest BCUT2D eigenvalue weighted by Crippen LogP contribution is 2.26. The molecule has 0 saturated carbocycles. The maximum atomic E-state index is 12.0. The van der Waals surface area contributed by atoms with Gasteiger partial charge in [-0.2, -0.15) is 0 Å². The summed E-state index contributed by atoms with van der Waals surface area (Å²) in [4.78, 5) is 24.0. The Morgan fingerprint density at radius 3 is 2.72 bits per heavy atom. The van der Waals surface area contributed by atoms with E-state index >= 15 is 0 Å². The van der Waals surface area contributed by atoms with Gasteiger partial charge in [-0.1, -0.05) is 26.0 Å². The largest absolute Gasteiger partial charge is 0.449 e. The third-order valence-corrected chi connectivity index (χ3v) is 2.97. The second kappa shape index (κ2) is 4.80. The Hall–Kier alpha value is -1.84. The third-order valence-electron chi connectivity index (χ3n) is 2.97. The van der Waals surface area contributed by atoms with Gasteiger partial charge in [0.2, 0.25) is 0 Å². The van der Waals surface area contributed by atoms with E-state index in [1.807, 2.05) is 26.8 Å². The number of hydrogen-bond donors (Lipinski definition) is 1. The number of ether oxygens (including phenoxy) is 1. The molecule has 0 aromatic heterocycles. The van der Waals surface area contributed by atoms with Gasteiger partial charge in [-0.3, -0.25) is 4.79 Å². The van der Waals surface area contributed by atoms with Crippen LogP contribution in [0.3, 0.4) is 0 Å². The maximum absolute atomic E-state index is 12.0. The van der Waals surface area contributed by atoms with E-state index in [0.29, 0.717) is 17.7 Å². The molecule has 1 aromatic carbocycles. The molecule has 1 N–H and O–H groups in total. The Labute approximate surface area is 106 Å². The van der Waals surface area contributed by atoms with Crippen molar-refractivity contribution in [3.63, 3.8) is 0 Å². The summed E-state index contributed by atoms with van der Waals surface area (Å²) in [6.07, 6.45) is -0.172. The van der Waals surface area contributed by atoms with E-state index in [1.54, 1.807) is 12.1 Å². The van der Waals surface area contributed by atoms with Crippen molar-refractivity contribution in [1.82, 2.24) is 0 Å². The molecule has 1 aliphatic heterocycles. The van der Waals surface area contributed by atoms with Crippen LogP contribution < -0.4 is 5.32 Å². The molecule has 1 atom stereocenters. The van der Waals surface area contributed by atoms with Gasteiger partial charge in [0.1, 0.15) is 0 Å². The Kier molecular flexibility index (Phi) is 3.36. The molecule has 1 aliphatic rings. The molecular weight excluding hydrogens is 230 g/mol. The summed E-state index contributed by atoms with van der Waals surface area (Å²) in [6.45, 7) is 5.84. The van der Waals surface area contributed by atoms with E-state index in [-0.39, 0.29) is 11.8 Å². The highest BCUT2D eigenvalue weighted by molar-refractivity contribution is 6.07. The quantitative estimate of drug-likeness (QED) is 0.817. The number of amides is 1. The van der Waals surface area contributed by atoms with Gasteiger partial charge >= 0.3 is 5.97 Å². The Balaban J connectivity index is 2.35. The van der Waals surface area contributed by atoms with Crippen LogP contribution in [0.15, 0.2) is 18.2 Å². The van der Waals surface area contributed by atoms with Crippen molar-refractivity contribution in [3.05, 3.63) is 29.3 Å². The summed E-state index contributed by atoms with van der Waals surface area (Å²) in [7, 11) is 0. The standard InChI is InChI=1S/C14H17NO3/c1-8(2)7-11-13(16)15-12-9(3)5-4-6-10(12)14(17)18-11/h4-6,8,11H,7H2,1-3H3,(H,15,16)/t11-/m1/s1. The van der Waals surface area contributed by atoms with Gasteiger partial charge in [-0.25, -0.2) is 4.79 Å². The lowest BCUT2D eigenvalue weighted by Crippen LogP contribution is -2.31. The predicted octanol–water partition coefficient (Wildman–Crippen LogP) is 2.52. The average Bonchev–Trinajstić information content (AvgIpc) is 2.40.